The van der Waals surface area contributed by atoms with Crippen molar-refractivity contribution in [1.29, 1.82) is 0 Å². The van der Waals surface area contributed by atoms with Crippen molar-refractivity contribution in [2.75, 3.05) is 37.7 Å². The number of amides is 3. The lowest BCUT2D eigenvalue weighted by Gasteiger charge is -2.48. The van der Waals surface area contributed by atoms with Crippen molar-refractivity contribution in [2.45, 2.75) is 31.1 Å². The summed E-state index contributed by atoms with van der Waals surface area (Å²) in [5, 5.41) is 9.47. The van der Waals surface area contributed by atoms with Gasteiger partial charge in [-0.3, -0.25) is 20.3 Å². The molecule has 4 heterocycles. The Balaban J connectivity index is 1.25. The molecule has 10 heteroatoms. The molecule has 0 saturated carbocycles. The highest BCUT2D eigenvalue weighted by Crippen LogP contribution is 2.32. The molecule has 3 N–H and O–H groups in total. The van der Waals surface area contributed by atoms with E-state index in [4.69, 9.17) is 9.47 Å². The van der Waals surface area contributed by atoms with Crippen LogP contribution in [0.2, 0.25) is 0 Å². The Bertz CT molecular complexity index is 808. The SMILES string of the molecule is O=C1NC2NC(N3CCC4(CC3)OCCO4)NCC2C(=O)N1c1ccccc1F. The molecule has 4 fully saturated rings. The number of nitrogens with zero attached hydrogens (tertiary/aromatic N) is 2. The highest BCUT2D eigenvalue weighted by Gasteiger charge is 2.47. The van der Waals surface area contributed by atoms with Crippen LogP contribution in [-0.2, 0) is 14.3 Å². The smallest absolute Gasteiger partial charge is 0.330 e. The van der Waals surface area contributed by atoms with Crippen LogP contribution in [0.25, 0.3) is 0 Å². The molecule has 1 spiro atoms. The summed E-state index contributed by atoms with van der Waals surface area (Å²) in [7, 11) is 0. The molecular formula is C19H24FN5O4. The number of imide groups is 1. The number of piperidine rings is 1. The van der Waals surface area contributed by atoms with E-state index in [0.29, 0.717) is 19.8 Å². The maximum Gasteiger partial charge on any atom is 0.330 e. The van der Waals surface area contributed by atoms with Gasteiger partial charge in [-0.05, 0) is 12.1 Å². The third kappa shape index (κ3) is 3.30. The second kappa shape index (κ2) is 7.29. The van der Waals surface area contributed by atoms with Gasteiger partial charge in [0, 0.05) is 32.5 Å². The van der Waals surface area contributed by atoms with Crippen LogP contribution >= 0.6 is 0 Å². The van der Waals surface area contributed by atoms with Gasteiger partial charge in [0.05, 0.1) is 31.0 Å². The quantitative estimate of drug-likeness (QED) is 0.644. The molecule has 3 amide bonds. The molecule has 9 nitrogen and oxygen atoms in total. The van der Waals surface area contributed by atoms with Crippen molar-refractivity contribution in [3.05, 3.63) is 30.1 Å². The van der Waals surface area contributed by atoms with Gasteiger partial charge in [-0.1, -0.05) is 12.1 Å². The number of anilines is 1. The number of likely N-dealkylation sites (tertiary alicyclic amines) is 1. The molecule has 1 aromatic rings. The van der Waals surface area contributed by atoms with Crippen molar-refractivity contribution in [3.63, 3.8) is 0 Å². The van der Waals surface area contributed by atoms with Gasteiger partial charge in [0.15, 0.2) is 5.79 Å². The molecule has 4 aliphatic heterocycles. The van der Waals surface area contributed by atoms with E-state index >= 15 is 0 Å². The number of carbonyl (C=O) groups excluding carboxylic acids is 2. The van der Waals surface area contributed by atoms with Crippen LogP contribution in [0.15, 0.2) is 24.3 Å². The van der Waals surface area contributed by atoms with Crippen molar-refractivity contribution >= 4 is 17.6 Å². The van der Waals surface area contributed by atoms with Gasteiger partial charge >= 0.3 is 6.03 Å². The summed E-state index contributed by atoms with van der Waals surface area (Å²) in [4.78, 5) is 28.6. The number of rotatable bonds is 2. The molecule has 4 aliphatic rings. The maximum absolute atomic E-state index is 14.1. The standard InChI is InChI=1S/C19H24FN5O4/c20-13-3-1-2-4-14(13)25-16(26)12-11-21-17(22-15(12)23-18(25)27)24-7-5-19(6-8-24)28-9-10-29-19/h1-4,12,15,17,21-22H,5-11H2,(H,23,27). The molecule has 0 radical (unpaired) electrons. The van der Waals surface area contributed by atoms with Gasteiger partial charge in [0.25, 0.3) is 0 Å². The van der Waals surface area contributed by atoms with Gasteiger partial charge in [-0.25, -0.2) is 14.1 Å². The van der Waals surface area contributed by atoms with E-state index in [1.165, 1.54) is 18.2 Å². The molecule has 3 unspecified atom stereocenters. The zero-order valence-electron chi connectivity index (χ0n) is 15.9. The van der Waals surface area contributed by atoms with Crippen molar-refractivity contribution in [1.82, 2.24) is 20.9 Å². The molecule has 3 atom stereocenters. The summed E-state index contributed by atoms with van der Waals surface area (Å²) >= 11 is 0. The lowest BCUT2D eigenvalue weighted by molar-refractivity contribution is -0.190. The Hall–Kier alpha value is -2.11. The summed E-state index contributed by atoms with van der Waals surface area (Å²) in [6.07, 6.45) is 0.850. The fourth-order valence-corrected chi connectivity index (χ4v) is 4.54. The Morgan fingerprint density at radius 2 is 1.83 bits per heavy atom. The monoisotopic (exact) mass is 405 g/mol. The highest BCUT2D eigenvalue weighted by molar-refractivity contribution is 6.17. The highest BCUT2D eigenvalue weighted by atomic mass is 19.1. The second-order valence-electron chi connectivity index (χ2n) is 7.78. The van der Waals surface area contributed by atoms with Gasteiger partial charge in [-0.15, -0.1) is 0 Å². The van der Waals surface area contributed by atoms with Crippen molar-refractivity contribution in [3.8, 4) is 0 Å². The third-order valence-corrected chi connectivity index (χ3v) is 6.12. The zero-order valence-corrected chi connectivity index (χ0v) is 15.9. The fraction of sp³-hybridized carbons (Fsp3) is 0.579. The number of urea groups is 1. The number of benzene rings is 1. The van der Waals surface area contributed by atoms with E-state index in [1.54, 1.807) is 6.07 Å². The second-order valence-corrected chi connectivity index (χ2v) is 7.78. The van der Waals surface area contributed by atoms with E-state index in [9.17, 15) is 14.0 Å². The van der Waals surface area contributed by atoms with E-state index in [0.717, 1.165) is 30.8 Å². The molecule has 0 bridgehead atoms. The number of hydrogen-bond donors (Lipinski definition) is 3. The van der Waals surface area contributed by atoms with Gasteiger partial charge in [-0.2, -0.15) is 0 Å². The van der Waals surface area contributed by atoms with Gasteiger partial charge < -0.3 is 14.8 Å². The van der Waals surface area contributed by atoms with Gasteiger partial charge in [0.2, 0.25) is 5.91 Å². The minimum absolute atomic E-state index is 0.0338. The number of para-hydroxylation sites is 1. The number of fused-ring (bicyclic) bond motifs is 1. The summed E-state index contributed by atoms with van der Waals surface area (Å²) in [5.41, 5.74) is -0.0338. The number of ether oxygens (including phenoxy) is 2. The molecule has 0 aromatic heterocycles. The lowest BCUT2D eigenvalue weighted by Crippen LogP contribution is -2.75. The Labute approximate surface area is 167 Å². The van der Waals surface area contributed by atoms with Crippen LogP contribution < -0.4 is 20.9 Å². The molecule has 1 aromatic carbocycles. The number of nitrogens with one attached hydrogen (secondary N) is 3. The first kappa shape index (κ1) is 18.9. The molecule has 29 heavy (non-hydrogen) atoms. The maximum atomic E-state index is 14.1. The topological polar surface area (TPSA) is 95.2 Å². The van der Waals surface area contributed by atoms with Crippen LogP contribution in [-0.4, -0.2) is 67.9 Å². The van der Waals surface area contributed by atoms with E-state index < -0.39 is 35.6 Å². The average Bonchev–Trinajstić information content (AvgIpc) is 3.17. The zero-order chi connectivity index (χ0) is 20.0. The number of hydrogen-bond acceptors (Lipinski definition) is 7. The van der Waals surface area contributed by atoms with Crippen LogP contribution in [0.4, 0.5) is 14.9 Å². The van der Waals surface area contributed by atoms with Crippen LogP contribution in [0.3, 0.4) is 0 Å². The molecule has 4 saturated heterocycles. The predicted molar refractivity (Wildman–Crippen MR) is 100 cm³/mol. The number of carbonyl (C=O) groups is 2. The average molecular weight is 405 g/mol. The van der Waals surface area contributed by atoms with Crippen LogP contribution in [0, 0.1) is 11.7 Å². The van der Waals surface area contributed by atoms with Crippen LogP contribution in [0.1, 0.15) is 12.8 Å². The van der Waals surface area contributed by atoms with Gasteiger partial charge in [0.1, 0.15) is 12.1 Å². The predicted octanol–water partition coefficient (Wildman–Crippen LogP) is 0.140. The Morgan fingerprint density at radius 3 is 2.55 bits per heavy atom. The first-order chi connectivity index (χ1) is 14.1. The summed E-state index contributed by atoms with van der Waals surface area (Å²) in [5.74, 6) is -2.01. The van der Waals surface area contributed by atoms with E-state index in [1.807, 2.05) is 0 Å². The van der Waals surface area contributed by atoms with Crippen LogP contribution in [0.5, 0.6) is 0 Å². The fourth-order valence-electron chi connectivity index (χ4n) is 4.54. The number of halogens is 1. The minimum Gasteiger partial charge on any atom is -0.347 e. The summed E-state index contributed by atoms with van der Waals surface area (Å²) < 4.78 is 25.7. The third-order valence-electron chi connectivity index (χ3n) is 6.12. The van der Waals surface area contributed by atoms with Crippen molar-refractivity contribution in [2.24, 2.45) is 5.92 Å². The first-order valence-electron chi connectivity index (χ1n) is 9.97. The van der Waals surface area contributed by atoms with E-state index in [-0.39, 0.29) is 12.0 Å². The molecule has 156 valence electrons. The summed E-state index contributed by atoms with van der Waals surface area (Å²) in [6.45, 7) is 3.18. The molecule has 5 rings (SSSR count). The first-order valence-corrected chi connectivity index (χ1v) is 9.97. The normalized spacial score (nSPS) is 32.3. The van der Waals surface area contributed by atoms with Crippen molar-refractivity contribution < 1.29 is 23.5 Å². The van der Waals surface area contributed by atoms with E-state index in [2.05, 4.69) is 20.9 Å². The molecular weight excluding hydrogens is 381 g/mol. The lowest BCUT2D eigenvalue weighted by atomic mass is 9.98. The Kier molecular flexibility index (Phi) is 4.75. The Morgan fingerprint density at radius 1 is 1.10 bits per heavy atom. The largest absolute Gasteiger partial charge is 0.347 e. The summed E-state index contributed by atoms with van der Waals surface area (Å²) in [6, 6.07) is 5.15. The minimum atomic E-state index is -0.625. The molecule has 0 aliphatic carbocycles.